The highest BCUT2D eigenvalue weighted by Crippen LogP contribution is 2.36. The maximum atomic E-state index is 12.9. The standard InChI is InChI=1S/C16H16ClF3N4O/c1-3-24(4-2)15-21-8-10(9-22-15)14(25)23-11-5-6-13(17)12(7-11)16(18,19)20/h5-9H,3-4H2,1-2H3,(H,23,25). The first kappa shape index (κ1) is 19.0. The Kier molecular flexibility index (Phi) is 5.84. The third kappa shape index (κ3) is 4.60. The molecule has 0 saturated heterocycles. The molecule has 0 aliphatic carbocycles. The Bertz CT molecular complexity index is 746. The van der Waals surface area contributed by atoms with E-state index in [1.54, 1.807) is 0 Å². The number of halogens is 4. The van der Waals surface area contributed by atoms with E-state index in [1.807, 2.05) is 18.7 Å². The van der Waals surface area contributed by atoms with Crippen molar-refractivity contribution in [3.05, 3.63) is 46.7 Å². The van der Waals surface area contributed by atoms with Crippen LogP contribution in [-0.4, -0.2) is 29.0 Å². The van der Waals surface area contributed by atoms with Gasteiger partial charge < -0.3 is 10.2 Å². The van der Waals surface area contributed by atoms with Gasteiger partial charge in [-0.05, 0) is 32.0 Å². The molecule has 0 aliphatic heterocycles. The summed E-state index contributed by atoms with van der Waals surface area (Å²) in [6.07, 6.45) is -1.94. The fraction of sp³-hybridized carbons (Fsp3) is 0.312. The molecule has 0 unspecified atom stereocenters. The van der Waals surface area contributed by atoms with E-state index in [9.17, 15) is 18.0 Å². The highest BCUT2D eigenvalue weighted by molar-refractivity contribution is 6.31. The van der Waals surface area contributed by atoms with Gasteiger partial charge in [-0.1, -0.05) is 11.6 Å². The first-order chi connectivity index (χ1) is 11.8. The van der Waals surface area contributed by atoms with Gasteiger partial charge in [-0.25, -0.2) is 9.97 Å². The van der Waals surface area contributed by atoms with Crippen molar-refractivity contribution in [2.45, 2.75) is 20.0 Å². The zero-order valence-electron chi connectivity index (χ0n) is 13.6. The Morgan fingerprint density at radius 3 is 2.32 bits per heavy atom. The molecule has 1 aromatic heterocycles. The van der Waals surface area contributed by atoms with Crippen LogP contribution >= 0.6 is 11.6 Å². The second kappa shape index (κ2) is 7.69. The van der Waals surface area contributed by atoms with E-state index in [-0.39, 0.29) is 11.3 Å². The summed E-state index contributed by atoms with van der Waals surface area (Å²) >= 11 is 5.55. The monoisotopic (exact) mass is 372 g/mol. The number of carbonyl (C=O) groups excluding carboxylic acids is 1. The van der Waals surface area contributed by atoms with Crippen LogP contribution in [0.3, 0.4) is 0 Å². The van der Waals surface area contributed by atoms with Crippen molar-refractivity contribution in [3.63, 3.8) is 0 Å². The quantitative estimate of drug-likeness (QED) is 0.852. The minimum absolute atomic E-state index is 0.0189. The normalized spacial score (nSPS) is 11.3. The van der Waals surface area contributed by atoms with E-state index in [0.717, 1.165) is 12.1 Å². The molecule has 25 heavy (non-hydrogen) atoms. The van der Waals surface area contributed by atoms with Crippen molar-refractivity contribution in [3.8, 4) is 0 Å². The molecule has 2 aromatic rings. The van der Waals surface area contributed by atoms with Gasteiger partial charge in [0.15, 0.2) is 0 Å². The smallest absolute Gasteiger partial charge is 0.341 e. The summed E-state index contributed by atoms with van der Waals surface area (Å²) in [7, 11) is 0. The third-order valence-electron chi connectivity index (χ3n) is 3.48. The highest BCUT2D eigenvalue weighted by Gasteiger charge is 2.33. The number of nitrogens with one attached hydrogen (secondary N) is 1. The minimum atomic E-state index is -4.60. The van der Waals surface area contributed by atoms with Gasteiger partial charge in [0.2, 0.25) is 5.95 Å². The Labute approximate surface area is 147 Å². The first-order valence-corrected chi connectivity index (χ1v) is 7.89. The van der Waals surface area contributed by atoms with Gasteiger partial charge in [0, 0.05) is 31.2 Å². The van der Waals surface area contributed by atoms with E-state index in [2.05, 4.69) is 15.3 Å². The van der Waals surface area contributed by atoms with Crippen LogP contribution < -0.4 is 10.2 Å². The van der Waals surface area contributed by atoms with Crippen LogP contribution in [0, 0.1) is 0 Å². The zero-order chi connectivity index (χ0) is 18.6. The van der Waals surface area contributed by atoms with Crippen molar-refractivity contribution in [2.75, 3.05) is 23.3 Å². The van der Waals surface area contributed by atoms with Crippen molar-refractivity contribution in [1.82, 2.24) is 9.97 Å². The number of carbonyl (C=O) groups is 1. The predicted molar refractivity (Wildman–Crippen MR) is 90.0 cm³/mol. The average molecular weight is 373 g/mol. The van der Waals surface area contributed by atoms with E-state index in [0.29, 0.717) is 19.0 Å². The molecule has 1 aromatic carbocycles. The van der Waals surface area contributed by atoms with Gasteiger partial charge in [0.1, 0.15) is 0 Å². The number of anilines is 2. The molecule has 5 nitrogen and oxygen atoms in total. The number of nitrogens with zero attached hydrogens (tertiary/aromatic N) is 3. The molecule has 0 atom stereocenters. The van der Waals surface area contributed by atoms with Crippen LogP contribution in [0.15, 0.2) is 30.6 Å². The van der Waals surface area contributed by atoms with Crippen molar-refractivity contribution >= 4 is 29.1 Å². The fourth-order valence-corrected chi connectivity index (χ4v) is 2.36. The van der Waals surface area contributed by atoms with Crippen LogP contribution in [0.4, 0.5) is 24.8 Å². The van der Waals surface area contributed by atoms with E-state index in [4.69, 9.17) is 11.6 Å². The van der Waals surface area contributed by atoms with Gasteiger partial charge >= 0.3 is 6.18 Å². The van der Waals surface area contributed by atoms with Crippen LogP contribution in [0.5, 0.6) is 0 Å². The molecule has 1 heterocycles. The second-order valence-corrected chi connectivity index (χ2v) is 5.50. The SMILES string of the molecule is CCN(CC)c1ncc(C(=O)Nc2ccc(Cl)c(C(F)(F)F)c2)cn1. The number of alkyl halides is 3. The van der Waals surface area contributed by atoms with Gasteiger partial charge in [-0.3, -0.25) is 4.79 Å². The van der Waals surface area contributed by atoms with Crippen molar-refractivity contribution in [2.24, 2.45) is 0 Å². The largest absolute Gasteiger partial charge is 0.417 e. The summed E-state index contributed by atoms with van der Waals surface area (Å²) in [6.45, 7) is 5.33. The lowest BCUT2D eigenvalue weighted by atomic mass is 10.2. The molecule has 0 bridgehead atoms. The molecule has 1 amide bonds. The Balaban J connectivity index is 2.17. The van der Waals surface area contributed by atoms with Gasteiger partial charge in [0.05, 0.1) is 16.1 Å². The van der Waals surface area contributed by atoms with Crippen molar-refractivity contribution in [1.29, 1.82) is 0 Å². The molecule has 9 heteroatoms. The lowest BCUT2D eigenvalue weighted by Gasteiger charge is -2.18. The summed E-state index contributed by atoms with van der Waals surface area (Å²) in [5, 5.41) is 1.95. The molecular formula is C16H16ClF3N4O. The van der Waals surface area contributed by atoms with Crippen LogP contribution in [0.2, 0.25) is 5.02 Å². The number of aromatic nitrogens is 2. The molecule has 0 saturated carbocycles. The Morgan fingerprint density at radius 1 is 1.20 bits per heavy atom. The topological polar surface area (TPSA) is 58.1 Å². The molecular weight excluding hydrogens is 357 g/mol. The average Bonchev–Trinajstić information content (AvgIpc) is 2.57. The summed E-state index contributed by atoms with van der Waals surface area (Å²) in [6, 6.07) is 3.16. The molecule has 0 fully saturated rings. The number of rotatable bonds is 5. The summed E-state index contributed by atoms with van der Waals surface area (Å²) in [4.78, 5) is 22.3. The molecule has 134 valence electrons. The number of hydrogen-bond acceptors (Lipinski definition) is 4. The first-order valence-electron chi connectivity index (χ1n) is 7.51. The summed E-state index contributed by atoms with van der Waals surface area (Å²) in [5.41, 5.74) is -0.894. The molecule has 0 spiro atoms. The maximum absolute atomic E-state index is 12.9. The van der Waals surface area contributed by atoms with E-state index in [1.165, 1.54) is 18.5 Å². The summed E-state index contributed by atoms with van der Waals surface area (Å²) < 4.78 is 38.6. The lowest BCUT2D eigenvalue weighted by Crippen LogP contribution is -2.24. The Morgan fingerprint density at radius 2 is 1.80 bits per heavy atom. The summed E-state index contributed by atoms with van der Waals surface area (Å²) in [5.74, 6) is -0.131. The van der Waals surface area contributed by atoms with Crippen LogP contribution in [-0.2, 0) is 6.18 Å². The second-order valence-electron chi connectivity index (χ2n) is 5.09. The fourth-order valence-electron chi connectivity index (χ4n) is 2.13. The number of hydrogen-bond donors (Lipinski definition) is 1. The predicted octanol–water partition coefficient (Wildman–Crippen LogP) is 4.25. The lowest BCUT2D eigenvalue weighted by molar-refractivity contribution is -0.137. The number of benzene rings is 1. The van der Waals surface area contributed by atoms with Crippen molar-refractivity contribution < 1.29 is 18.0 Å². The zero-order valence-corrected chi connectivity index (χ0v) is 14.3. The number of amides is 1. The highest BCUT2D eigenvalue weighted by atomic mass is 35.5. The minimum Gasteiger partial charge on any atom is -0.341 e. The van der Waals surface area contributed by atoms with Gasteiger partial charge in [-0.15, -0.1) is 0 Å². The van der Waals surface area contributed by atoms with E-state index < -0.39 is 22.7 Å². The molecule has 0 radical (unpaired) electrons. The third-order valence-corrected chi connectivity index (χ3v) is 3.81. The van der Waals surface area contributed by atoms with Gasteiger partial charge in [0.25, 0.3) is 5.91 Å². The Hall–Kier alpha value is -2.35. The van der Waals surface area contributed by atoms with Gasteiger partial charge in [-0.2, -0.15) is 13.2 Å². The van der Waals surface area contributed by atoms with Crippen LogP contribution in [0.1, 0.15) is 29.8 Å². The molecule has 0 aliphatic rings. The molecule has 2 rings (SSSR count). The molecule has 1 N–H and O–H groups in total. The van der Waals surface area contributed by atoms with Crippen LogP contribution in [0.25, 0.3) is 0 Å². The van der Waals surface area contributed by atoms with E-state index >= 15 is 0 Å². The maximum Gasteiger partial charge on any atom is 0.417 e.